The van der Waals surface area contributed by atoms with Crippen LogP contribution in [0.5, 0.6) is 23.0 Å². The summed E-state index contributed by atoms with van der Waals surface area (Å²) in [5.74, 6) is -1.05. The van der Waals surface area contributed by atoms with Crippen molar-refractivity contribution in [3.8, 4) is 23.0 Å². The molecule has 0 unspecified atom stereocenters. The highest BCUT2D eigenvalue weighted by molar-refractivity contribution is 6.01. The molecule has 1 aliphatic heterocycles. The number of para-hydroxylation sites is 1. The van der Waals surface area contributed by atoms with Gasteiger partial charge in [0, 0.05) is 13.1 Å². The number of aryl methyl sites for hydroxylation is 1. The molecule has 0 fully saturated rings. The number of hydrogen-bond donors (Lipinski definition) is 3. The predicted octanol–water partition coefficient (Wildman–Crippen LogP) is 5.80. The van der Waals surface area contributed by atoms with Crippen molar-refractivity contribution < 1.29 is 37.8 Å². The first-order valence-electron chi connectivity index (χ1n) is 17.8. The molecule has 52 heavy (non-hydrogen) atoms. The minimum absolute atomic E-state index is 0.0417. The van der Waals surface area contributed by atoms with E-state index in [4.69, 9.17) is 14.2 Å². The van der Waals surface area contributed by atoms with Crippen LogP contribution in [0.3, 0.4) is 0 Å². The van der Waals surface area contributed by atoms with Gasteiger partial charge in [-0.15, -0.1) is 0 Å². The summed E-state index contributed by atoms with van der Waals surface area (Å²) in [6.45, 7) is 11.7. The summed E-state index contributed by atoms with van der Waals surface area (Å²) in [6.07, 6.45) is 0.594. The Hall–Kier alpha value is -5.13. The van der Waals surface area contributed by atoms with E-state index in [1.807, 2.05) is 32.9 Å². The number of likely N-dealkylation sites (N-methyl/N-ethyl adjacent to an activating group) is 1. The molecular formula is C40H51FN4O7. The Balaban J connectivity index is 1.54. The van der Waals surface area contributed by atoms with Crippen molar-refractivity contribution in [3.63, 3.8) is 0 Å². The number of benzene rings is 3. The second-order valence-electron chi connectivity index (χ2n) is 14.2. The Morgan fingerprint density at radius 2 is 1.63 bits per heavy atom. The Morgan fingerprint density at radius 1 is 0.942 bits per heavy atom. The number of fused-ring (bicyclic) bond motifs is 1. The summed E-state index contributed by atoms with van der Waals surface area (Å²) >= 11 is 0. The molecule has 0 spiro atoms. The van der Waals surface area contributed by atoms with Gasteiger partial charge < -0.3 is 35.1 Å². The van der Waals surface area contributed by atoms with E-state index in [-0.39, 0.29) is 54.1 Å². The summed E-state index contributed by atoms with van der Waals surface area (Å²) < 4.78 is 32.1. The zero-order valence-electron chi connectivity index (χ0n) is 31.0. The van der Waals surface area contributed by atoms with E-state index in [0.717, 1.165) is 5.56 Å². The van der Waals surface area contributed by atoms with Gasteiger partial charge in [0.15, 0.2) is 11.5 Å². The number of carbonyl (C=O) groups excluding carboxylic acids is 4. The highest BCUT2D eigenvalue weighted by Gasteiger charge is 2.33. The summed E-state index contributed by atoms with van der Waals surface area (Å²) in [7, 11) is 1.70. The van der Waals surface area contributed by atoms with Gasteiger partial charge in [-0.05, 0) is 74.9 Å². The number of nitrogens with zero attached hydrogens (tertiary/aromatic N) is 1. The number of ether oxygens (including phenoxy) is 3. The number of carbonyl (C=O) groups is 4. The lowest BCUT2D eigenvalue weighted by Crippen LogP contribution is -2.55. The van der Waals surface area contributed by atoms with Gasteiger partial charge in [-0.3, -0.25) is 19.2 Å². The summed E-state index contributed by atoms with van der Waals surface area (Å²) in [4.78, 5) is 56.4. The van der Waals surface area contributed by atoms with Gasteiger partial charge in [-0.25, -0.2) is 4.39 Å². The van der Waals surface area contributed by atoms with Gasteiger partial charge in [0.2, 0.25) is 17.7 Å². The molecule has 12 heteroatoms. The van der Waals surface area contributed by atoms with Crippen LogP contribution in [-0.2, 0) is 14.4 Å². The Kier molecular flexibility index (Phi) is 14.0. The molecule has 0 bridgehead atoms. The van der Waals surface area contributed by atoms with Crippen LogP contribution in [0.2, 0.25) is 0 Å². The number of amides is 4. The quantitative estimate of drug-likeness (QED) is 0.228. The average Bonchev–Trinajstić information content (AvgIpc) is 3.08. The monoisotopic (exact) mass is 718 g/mol. The van der Waals surface area contributed by atoms with E-state index >= 15 is 0 Å². The maximum Gasteiger partial charge on any atom is 0.255 e. The summed E-state index contributed by atoms with van der Waals surface area (Å²) in [6, 6.07) is 14.7. The van der Waals surface area contributed by atoms with E-state index in [9.17, 15) is 23.6 Å². The lowest BCUT2D eigenvalue weighted by atomic mass is 9.99. The van der Waals surface area contributed by atoms with E-state index in [0.29, 0.717) is 24.3 Å². The standard InChI is InChI=1S/C40H51FN4O7/c1-24(2)18-29-23-51-34-11-9-8-10-31(34)38(47)44-32(21-37(46)43-33(19-25(3)4)40(49)45(29)7)39(48)42-27(6)22-50-35-17-14-28(41)20-36(35)52-30-15-12-26(5)13-16-30/h8-17,20,24-25,27,29,32-33H,18-19,21-23H2,1-7H3,(H,42,48)(H,43,46)(H,44,47)/t27-,29+,32+,33+/m1/s1. The van der Waals surface area contributed by atoms with Crippen LogP contribution in [0.15, 0.2) is 66.7 Å². The fourth-order valence-corrected chi connectivity index (χ4v) is 5.86. The van der Waals surface area contributed by atoms with Crippen LogP contribution in [-0.4, -0.2) is 73.0 Å². The molecule has 11 nitrogen and oxygen atoms in total. The molecule has 280 valence electrons. The maximum absolute atomic E-state index is 14.2. The van der Waals surface area contributed by atoms with E-state index in [2.05, 4.69) is 29.8 Å². The van der Waals surface area contributed by atoms with Gasteiger partial charge in [-0.2, -0.15) is 0 Å². The Morgan fingerprint density at radius 3 is 2.33 bits per heavy atom. The van der Waals surface area contributed by atoms with Crippen molar-refractivity contribution in [1.29, 1.82) is 0 Å². The molecule has 3 aromatic carbocycles. The molecular weight excluding hydrogens is 667 g/mol. The maximum atomic E-state index is 14.2. The lowest BCUT2D eigenvalue weighted by Gasteiger charge is -2.33. The second-order valence-corrected chi connectivity index (χ2v) is 14.2. The Labute approximate surface area is 305 Å². The third-order valence-corrected chi connectivity index (χ3v) is 8.59. The van der Waals surface area contributed by atoms with Crippen LogP contribution in [0.25, 0.3) is 0 Å². The molecule has 3 aromatic rings. The van der Waals surface area contributed by atoms with Gasteiger partial charge in [0.25, 0.3) is 5.91 Å². The summed E-state index contributed by atoms with van der Waals surface area (Å²) in [5.41, 5.74) is 1.22. The average molecular weight is 719 g/mol. The lowest BCUT2D eigenvalue weighted by molar-refractivity contribution is -0.138. The van der Waals surface area contributed by atoms with Gasteiger partial charge >= 0.3 is 0 Å². The first-order chi connectivity index (χ1) is 24.7. The van der Waals surface area contributed by atoms with Gasteiger partial charge in [0.05, 0.1) is 24.1 Å². The van der Waals surface area contributed by atoms with Gasteiger partial charge in [-0.1, -0.05) is 57.5 Å². The predicted molar refractivity (Wildman–Crippen MR) is 196 cm³/mol. The highest BCUT2D eigenvalue weighted by atomic mass is 19.1. The zero-order chi connectivity index (χ0) is 37.9. The number of hydrogen-bond acceptors (Lipinski definition) is 7. The van der Waals surface area contributed by atoms with Crippen LogP contribution in [0.4, 0.5) is 4.39 Å². The van der Waals surface area contributed by atoms with Crippen molar-refractivity contribution >= 4 is 23.6 Å². The number of nitrogens with one attached hydrogen (secondary N) is 3. The molecule has 0 aromatic heterocycles. The smallest absolute Gasteiger partial charge is 0.255 e. The van der Waals surface area contributed by atoms with Crippen molar-refractivity contribution in [2.45, 2.75) is 85.0 Å². The van der Waals surface area contributed by atoms with Crippen molar-refractivity contribution in [2.75, 3.05) is 20.3 Å². The molecule has 4 atom stereocenters. The van der Waals surface area contributed by atoms with Gasteiger partial charge in [0.1, 0.15) is 42.6 Å². The van der Waals surface area contributed by atoms with E-state index < -0.39 is 48.1 Å². The number of rotatable bonds is 11. The van der Waals surface area contributed by atoms with Crippen LogP contribution in [0, 0.1) is 24.6 Å². The largest absolute Gasteiger partial charge is 0.491 e. The SMILES string of the molecule is Cc1ccc(Oc2cc(F)ccc2OC[C@@H](C)NC(=O)[C@@H]2CC(=O)N[C@@H](CC(C)C)C(=O)N(C)[C@@H](CC(C)C)COc3ccccc3C(=O)N2)cc1. The van der Waals surface area contributed by atoms with Crippen molar-refractivity contribution in [3.05, 3.63) is 83.7 Å². The second kappa shape index (κ2) is 18.4. The van der Waals surface area contributed by atoms with Crippen molar-refractivity contribution in [1.82, 2.24) is 20.9 Å². The number of halogens is 1. The van der Waals surface area contributed by atoms with Crippen LogP contribution in [0.1, 0.15) is 69.8 Å². The third kappa shape index (κ3) is 11.4. The first kappa shape index (κ1) is 39.7. The van der Waals surface area contributed by atoms with Crippen LogP contribution >= 0.6 is 0 Å². The fourth-order valence-electron chi connectivity index (χ4n) is 5.86. The molecule has 0 saturated heterocycles. The molecule has 0 aliphatic carbocycles. The third-order valence-electron chi connectivity index (χ3n) is 8.59. The molecule has 1 aliphatic rings. The van der Waals surface area contributed by atoms with E-state index in [1.165, 1.54) is 18.2 Å². The summed E-state index contributed by atoms with van der Waals surface area (Å²) in [5, 5.41) is 8.36. The molecule has 4 rings (SSSR count). The van der Waals surface area contributed by atoms with Crippen molar-refractivity contribution in [2.24, 2.45) is 11.8 Å². The minimum atomic E-state index is -1.31. The molecule has 4 amide bonds. The fraction of sp³-hybridized carbons (Fsp3) is 0.450. The normalized spacial score (nSPS) is 19.2. The zero-order valence-corrected chi connectivity index (χ0v) is 31.0. The molecule has 0 saturated carbocycles. The first-order valence-corrected chi connectivity index (χ1v) is 17.8. The molecule has 1 heterocycles. The van der Waals surface area contributed by atoms with Crippen LogP contribution < -0.4 is 30.2 Å². The minimum Gasteiger partial charge on any atom is -0.491 e. The molecule has 3 N–H and O–H groups in total. The molecule has 0 radical (unpaired) electrons. The Bertz CT molecular complexity index is 1700. The van der Waals surface area contributed by atoms with E-state index in [1.54, 1.807) is 55.3 Å². The highest BCUT2D eigenvalue weighted by Crippen LogP contribution is 2.32. The topological polar surface area (TPSA) is 135 Å².